The molecule has 0 saturated carbocycles. The largest absolute Gasteiger partial charge is 0.313 e. The summed E-state index contributed by atoms with van der Waals surface area (Å²) in [6.07, 6.45) is 0. The van der Waals surface area contributed by atoms with Crippen LogP contribution in [0.4, 0.5) is 0 Å². The molecule has 1 aromatic rings. The van der Waals surface area contributed by atoms with E-state index < -0.39 is 10.0 Å². The first-order valence-corrected chi connectivity index (χ1v) is 7.17. The molecule has 0 atom stereocenters. The molecule has 1 aromatic carbocycles. The molecule has 0 aromatic heterocycles. The Balaban J connectivity index is 0.00000180. The zero-order valence-corrected chi connectivity index (χ0v) is 12.5. The fraction of sp³-hybridized carbons (Fsp3) is 0.364. The van der Waals surface area contributed by atoms with E-state index in [2.05, 4.69) is 5.32 Å². The number of hydrogen-bond acceptors (Lipinski definition) is 4. The third-order valence-corrected chi connectivity index (χ3v) is 5.23. The van der Waals surface area contributed by atoms with Crippen LogP contribution in [0.15, 0.2) is 23.1 Å². The van der Waals surface area contributed by atoms with Gasteiger partial charge in [0.25, 0.3) is 0 Å². The van der Waals surface area contributed by atoms with E-state index in [0.717, 1.165) is 0 Å². The fourth-order valence-electron chi connectivity index (χ4n) is 1.64. The molecule has 5 nitrogen and oxygen atoms in total. The van der Waals surface area contributed by atoms with Crippen molar-refractivity contribution in [2.45, 2.75) is 10.9 Å². The summed E-state index contributed by atoms with van der Waals surface area (Å²) in [4.78, 5) is 0.112. The summed E-state index contributed by atoms with van der Waals surface area (Å²) in [5.74, 6) is 0. The van der Waals surface area contributed by atoms with Crippen molar-refractivity contribution >= 4 is 34.0 Å². The van der Waals surface area contributed by atoms with Crippen LogP contribution in [0.1, 0.15) is 5.56 Å². The molecular formula is C11H13Cl2N3O2S. The van der Waals surface area contributed by atoms with Gasteiger partial charge < -0.3 is 5.32 Å². The first-order valence-electron chi connectivity index (χ1n) is 5.35. The minimum Gasteiger partial charge on any atom is -0.313 e. The second kappa shape index (κ2) is 6.07. The Kier molecular flexibility index (Phi) is 5.18. The monoisotopic (exact) mass is 321 g/mol. The maximum atomic E-state index is 12.3. The molecule has 0 unspecified atom stereocenters. The molecule has 0 bridgehead atoms. The van der Waals surface area contributed by atoms with Gasteiger partial charge in [-0.3, -0.25) is 0 Å². The Hall–Kier alpha value is -0.840. The number of sulfonamides is 1. The molecule has 1 aliphatic rings. The van der Waals surface area contributed by atoms with Crippen molar-refractivity contribution in [3.8, 4) is 6.07 Å². The standard InChI is InChI=1S/C11H12ClN3O2S.ClH/c1-15(9-6-14-7-9)18(16,17)10-3-2-8(5-13)11(12)4-10;/h2-4,9,14H,6-7H2,1H3;1H. The van der Waals surface area contributed by atoms with E-state index in [-0.39, 0.29) is 33.9 Å². The van der Waals surface area contributed by atoms with Crippen LogP contribution in [0.3, 0.4) is 0 Å². The minimum atomic E-state index is -3.55. The Morgan fingerprint density at radius 1 is 1.47 bits per heavy atom. The Labute approximate surface area is 123 Å². The van der Waals surface area contributed by atoms with Gasteiger partial charge in [0.05, 0.1) is 15.5 Å². The van der Waals surface area contributed by atoms with Crippen molar-refractivity contribution < 1.29 is 8.42 Å². The quantitative estimate of drug-likeness (QED) is 0.908. The van der Waals surface area contributed by atoms with Crippen LogP contribution < -0.4 is 5.32 Å². The summed E-state index contributed by atoms with van der Waals surface area (Å²) in [6.45, 7) is 1.31. The van der Waals surface area contributed by atoms with Crippen molar-refractivity contribution in [3.05, 3.63) is 28.8 Å². The molecule has 0 spiro atoms. The molecule has 0 aliphatic carbocycles. The molecule has 1 saturated heterocycles. The van der Waals surface area contributed by atoms with Gasteiger partial charge in [0.15, 0.2) is 0 Å². The Morgan fingerprint density at radius 3 is 2.53 bits per heavy atom. The number of nitrogens with zero attached hydrogens (tertiary/aromatic N) is 2. The summed E-state index contributed by atoms with van der Waals surface area (Å²) in [5.41, 5.74) is 0.267. The molecule has 19 heavy (non-hydrogen) atoms. The normalized spacial score (nSPS) is 15.5. The predicted octanol–water partition coefficient (Wildman–Crippen LogP) is 1.23. The van der Waals surface area contributed by atoms with Crippen molar-refractivity contribution in [1.29, 1.82) is 5.26 Å². The summed E-state index contributed by atoms with van der Waals surface area (Å²) in [6, 6.07) is 6.02. The number of benzene rings is 1. The van der Waals surface area contributed by atoms with Gasteiger partial charge >= 0.3 is 0 Å². The van der Waals surface area contributed by atoms with Crippen LogP contribution in [-0.2, 0) is 10.0 Å². The lowest BCUT2D eigenvalue weighted by Gasteiger charge is -2.34. The highest BCUT2D eigenvalue weighted by Gasteiger charge is 2.31. The lowest BCUT2D eigenvalue weighted by Crippen LogP contribution is -2.57. The van der Waals surface area contributed by atoms with Crippen LogP contribution in [-0.4, -0.2) is 38.9 Å². The van der Waals surface area contributed by atoms with Gasteiger partial charge in [0.2, 0.25) is 10.0 Å². The van der Waals surface area contributed by atoms with Crippen molar-refractivity contribution in [2.75, 3.05) is 20.1 Å². The third kappa shape index (κ3) is 3.02. The second-order valence-corrected chi connectivity index (χ2v) is 6.49. The summed E-state index contributed by atoms with van der Waals surface area (Å²) >= 11 is 5.85. The highest BCUT2D eigenvalue weighted by Crippen LogP contribution is 2.23. The first kappa shape index (κ1) is 16.2. The molecule has 0 radical (unpaired) electrons. The van der Waals surface area contributed by atoms with Crippen LogP contribution in [0.5, 0.6) is 0 Å². The number of likely N-dealkylation sites (N-methyl/N-ethyl adjacent to an activating group) is 1. The zero-order valence-electron chi connectivity index (χ0n) is 10.1. The zero-order chi connectivity index (χ0) is 13.3. The second-order valence-electron chi connectivity index (χ2n) is 4.09. The highest BCUT2D eigenvalue weighted by atomic mass is 35.5. The number of hydrogen-bond donors (Lipinski definition) is 1. The van der Waals surface area contributed by atoms with E-state index >= 15 is 0 Å². The average Bonchev–Trinajstić information content (AvgIpc) is 2.26. The first-order chi connectivity index (χ1) is 8.46. The molecular weight excluding hydrogens is 309 g/mol. The van der Waals surface area contributed by atoms with Crippen molar-refractivity contribution in [2.24, 2.45) is 0 Å². The lowest BCUT2D eigenvalue weighted by molar-refractivity contribution is 0.274. The third-order valence-electron chi connectivity index (χ3n) is 3.01. The molecule has 2 rings (SSSR count). The number of nitrogens with one attached hydrogen (secondary N) is 1. The Bertz CT molecular complexity index is 609. The maximum Gasteiger partial charge on any atom is 0.243 e. The van der Waals surface area contributed by atoms with E-state index in [1.807, 2.05) is 6.07 Å². The predicted molar refractivity (Wildman–Crippen MR) is 75.0 cm³/mol. The van der Waals surface area contributed by atoms with Gasteiger partial charge in [0, 0.05) is 26.2 Å². The maximum absolute atomic E-state index is 12.3. The van der Waals surface area contributed by atoms with Gasteiger partial charge in [-0.2, -0.15) is 9.57 Å². The molecule has 1 fully saturated rings. The van der Waals surface area contributed by atoms with Crippen LogP contribution >= 0.6 is 24.0 Å². The minimum absolute atomic E-state index is 0. The summed E-state index contributed by atoms with van der Waals surface area (Å²) in [5, 5.41) is 11.9. The van der Waals surface area contributed by atoms with Gasteiger partial charge in [-0.15, -0.1) is 12.4 Å². The lowest BCUT2D eigenvalue weighted by atomic mass is 10.2. The van der Waals surface area contributed by atoms with Gasteiger partial charge in [0.1, 0.15) is 6.07 Å². The number of halogens is 2. The topological polar surface area (TPSA) is 73.2 Å². The molecule has 1 aliphatic heterocycles. The number of rotatable bonds is 3. The van der Waals surface area contributed by atoms with Crippen LogP contribution in [0.2, 0.25) is 5.02 Å². The summed E-state index contributed by atoms with van der Waals surface area (Å²) < 4.78 is 25.9. The van der Waals surface area contributed by atoms with Crippen LogP contribution in [0, 0.1) is 11.3 Å². The van der Waals surface area contributed by atoms with Gasteiger partial charge in [-0.25, -0.2) is 8.42 Å². The smallest absolute Gasteiger partial charge is 0.243 e. The molecule has 1 heterocycles. The van der Waals surface area contributed by atoms with E-state index in [1.54, 1.807) is 7.05 Å². The Morgan fingerprint density at radius 2 is 2.11 bits per heavy atom. The van der Waals surface area contributed by atoms with Gasteiger partial charge in [-0.05, 0) is 18.2 Å². The van der Waals surface area contributed by atoms with E-state index in [9.17, 15) is 8.42 Å². The van der Waals surface area contributed by atoms with E-state index in [1.165, 1.54) is 22.5 Å². The SMILES string of the molecule is CN(C1CNC1)S(=O)(=O)c1ccc(C#N)c(Cl)c1.Cl. The fourth-order valence-corrected chi connectivity index (χ4v) is 3.31. The average molecular weight is 322 g/mol. The number of nitriles is 1. The molecule has 104 valence electrons. The van der Waals surface area contributed by atoms with Crippen molar-refractivity contribution in [1.82, 2.24) is 9.62 Å². The van der Waals surface area contributed by atoms with E-state index in [0.29, 0.717) is 13.1 Å². The van der Waals surface area contributed by atoms with Crippen LogP contribution in [0.25, 0.3) is 0 Å². The highest BCUT2D eigenvalue weighted by molar-refractivity contribution is 7.89. The van der Waals surface area contributed by atoms with Gasteiger partial charge in [-0.1, -0.05) is 11.6 Å². The van der Waals surface area contributed by atoms with Crippen molar-refractivity contribution in [3.63, 3.8) is 0 Å². The van der Waals surface area contributed by atoms with E-state index in [4.69, 9.17) is 16.9 Å². The molecule has 8 heteroatoms. The molecule has 0 amide bonds. The molecule has 1 N–H and O–H groups in total. The summed E-state index contributed by atoms with van der Waals surface area (Å²) in [7, 11) is -2.00.